The van der Waals surface area contributed by atoms with Gasteiger partial charge in [-0.25, -0.2) is 5.43 Å². The van der Waals surface area contributed by atoms with E-state index in [0.29, 0.717) is 27.1 Å². The number of phenolic OH excluding ortho intramolecular Hbond substituents is 1. The maximum atomic E-state index is 11.8. The molecule has 0 fully saturated rings. The van der Waals surface area contributed by atoms with E-state index in [1.807, 2.05) is 0 Å². The van der Waals surface area contributed by atoms with E-state index in [1.165, 1.54) is 25.1 Å². The van der Waals surface area contributed by atoms with Gasteiger partial charge >= 0.3 is 0 Å². The van der Waals surface area contributed by atoms with Gasteiger partial charge in [0.25, 0.3) is 0 Å². The van der Waals surface area contributed by atoms with Gasteiger partial charge in [-0.05, 0) is 29.8 Å². The highest BCUT2D eigenvalue weighted by Gasteiger charge is 2.08. The van der Waals surface area contributed by atoms with E-state index in [4.69, 9.17) is 27.9 Å². The average Bonchev–Trinajstić information content (AvgIpc) is 2.59. The minimum absolute atomic E-state index is 0.0364. The molecule has 8 heteroatoms. The Balaban J connectivity index is 1.83. The monoisotopic (exact) mass is 398 g/mol. The van der Waals surface area contributed by atoms with Crippen LogP contribution in [0.1, 0.15) is 11.1 Å². The highest BCUT2D eigenvalue weighted by molar-refractivity contribution is 7.99. The normalized spacial score (nSPS) is 10.8. The van der Waals surface area contributed by atoms with E-state index in [9.17, 15) is 9.90 Å². The molecule has 2 aromatic rings. The van der Waals surface area contributed by atoms with E-state index >= 15 is 0 Å². The third kappa shape index (κ3) is 5.56. The Morgan fingerprint density at radius 1 is 1.28 bits per heavy atom. The van der Waals surface area contributed by atoms with Crippen LogP contribution in [0.4, 0.5) is 0 Å². The molecule has 0 radical (unpaired) electrons. The molecule has 0 heterocycles. The number of halogens is 2. The summed E-state index contributed by atoms with van der Waals surface area (Å²) in [6.07, 6.45) is 1.35. The van der Waals surface area contributed by atoms with Crippen molar-refractivity contribution in [2.75, 3.05) is 12.9 Å². The van der Waals surface area contributed by atoms with Crippen LogP contribution in [-0.2, 0) is 10.5 Å². The van der Waals surface area contributed by atoms with Gasteiger partial charge in [0.1, 0.15) is 0 Å². The highest BCUT2D eigenvalue weighted by Crippen LogP contribution is 2.29. The van der Waals surface area contributed by atoms with Crippen molar-refractivity contribution in [3.05, 3.63) is 57.6 Å². The number of carbonyl (C=O) groups excluding carboxylic acids is 1. The van der Waals surface area contributed by atoms with Crippen molar-refractivity contribution in [2.45, 2.75) is 5.75 Å². The maximum absolute atomic E-state index is 11.8. The zero-order valence-electron chi connectivity index (χ0n) is 13.3. The van der Waals surface area contributed by atoms with Gasteiger partial charge in [0.15, 0.2) is 11.5 Å². The zero-order valence-corrected chi connectivity index (χ0v) is 15.7. The summed E-state index contributed by atoms with van der Waals surface area (Å²) in [6.45, 7) is 0. The summed E-state index contributed by atoms with van der Waals surface area (Å²) >= 11 is 13.5. The Morgan fingerprint density at radius 3 is 2.64 bits per heavy atom. The number of nitrogens with one attached hydrogen (secondary N) is 1. The molecule has 0 aliphatic heterocycles. The number of aromatic hydroxyl groups is 1. The molecule has 0 aliphatic rings. The lowest BCUT2D eigenvalue weighted by molar-refractivity contribution is -0.118. The van der Waals surface area contributed by atoms with Crippen LogP contribution in [0.2, 0.25) is 10.0 Å². The molecule has 0 saturated carbocycles. The number of thioether (sulfide) groups is 1. The number of para-hydroxylation sites is 1. The molecule has 0 bridgehead atoms. The van der Waals surface area contributed by atoms with E-state index in [1.54, 1.807) is 36.4 Å². The predicted octanol–water partition coefficient (Wildman–Crippen LogP) is 4.09. The maximum Gasteiger partial charge on any atom is 0.250 e. The van der Waals surface area contributed by atoms with Crippen molar-refractivity contribution in [2.24, 2.45) is 5.10 Å². The first-order chi connectivity index (χ1) is 12.0. The molecule has 2 rings (SSSR count). The van der Waals surface area contributed by atoms with Crippen LogP contribution in [-0.4, -0.2) is 30.1 Å². The molecule has 1 amide bonds. The zero-order chi connectivity index (χ0) is 18.2. The summed E-state index contributed by atoms with van der Waals surface area (Å²) in [5.74, 6) is 0.745. The fraction of sp³-hybridized carbons (Fsp3) is 0.176. The fourth-order valence-corrected chi connectivity index (χ4v) is 3.49. The lowest BCUT2D eigenvalue weighted by Gasteiger charge is -2.06. The average molecular weight is 399 g/mol. The number of rotatable bonds is 7. The van der Waals surface area contributed by atoms with Crippen LogP contribution >= 0.6 is 35.0 Å². The summed E-state index contributed by atoms with van der Waals surface area (Å²) in [5, 5.41) is 14.9. The second kappa shape index (κ2) is 9.56. The lowest BCUT2D eigenvalue weighted by Crippen LogP contribution is -2.19. The van der Waals surface area contributed by atoms with Gasteiger partial charge < -0.3 is 9.84 Å². The van der Waals surface area contributed by atoms with E-state index in [0.717, 1.165) is 5.56 Å². The van der Waals surface area contributed by atoms with Gasteiger partial charge in [0.2, 0.25) is 5.91 Å². The molecule has 5 nitrogen and oxygen atoms in total. The SMILES string of the molecule is COc1cccc(/C=N\NC(=O)CSCc2c(Cl)cccc2Cl)c1O. The molecule has 0 unspecified atom stereocenters. The third-order valence-electron chi connectivity index (χ3n) is 3.18. The van der Waals surface area contributed by atoms with Crippen molar-refractivity contribution >= 4 is 47.1 Å². The Kier molecular flexibility index (Phi) is 7.43. The van der Waals surface area contributed by atoms with Crippen molar-refractivity contribution in [1.82, 2.24) is 5.43 Å². The van der Waals surface area contributed by atoms with Crippen LogP contribution in [0.25, 0.3) is 0 Å². The quantitative estimate of drug-likeness (QED) is 0.544. The van der Waals surface area contributed by atoms with Crippen molar-refractivity contribution in [1.29, 1.82) is 0 Å². The van der Waals surface area contributed by atoms with Gasteiger partial charge in [-0.3, -0.25) is 4.79 Å². The summed E-state index contributed by atoms with van der Waals surface area (Å²) in [7, 11) is 1.46. The number of hydrogen-bond acceptors (Lipinski definition) is 5. The molecule has 0 aliphatic carbocycles. The summed E-state index contributed by atoms with van der Waals surface area (Å²) in [6, 6.07) is 10.3. The number of nitrogens with zero attached hydrogens (tertiary/aromatic N) is 1. The number of methoxy groups -OCH3 is 1. The topological polar surface area (TPSA) is 70.9 Å². The molecule has 0 atom stereocenters. The Hall–Kier alpha value is -1.89. The molecule has 0 aromatic heterocycles. The fourth-order valence-electron chi connectivity index (χ4n) is 1.93. The minimum Gasteiger partial charge on any atom is -0.504 e. The molecular formula is C17H16Cl2N2O3S. The minimum atomic E-state index is -0.271. The van der Waals surface area contributed by atoms with Gasteiger partial charge in [-0.15, -0.1) is 11.8 Å². The van der Waals surface area contributed by atoms with Crippen LogP contribution < -0.4 is 10.2 Å². The summed E-state index contributed by atoms with van der Waals surface area (Å²) in [4.78, 5) is 11.8. The molecular weight excluding hydrogens is 383 g/mol. The van der Waals surface area contributed by atoms with Crippen molar-refractivity contribution in [3.8, 4) is 11.5 Å². The lowest BCUT2D eigenvalue weighted by atomic mass is 10.2. The number of phenols is 1. The van der Waals surface area contributed by atoms with Gasteiger partial charge in [-0.2, -0.15) is 5.10 Å². The molecule has 2 aromatic carbocycles. The van der Waals surface area contributed by atoms with Gasteiger partial charge in [0.05, 0.1) is 19.1 Å². The van der Waals surface area contributed by atoms with Crippen LogP contribution in [0.3, 0.4) is 0 Å². The first-order valence-electron chi connectivity index (χ1n) is 7.21. The number of hydrogen-bond donors (Lipinski definition) is 2. The number of carbonyl (C=O) groups is 1. The number of hydrazone groups is 1. The van der Waals surface area contributed by atoms with Crippen LogP contribution in [0.5, 0.6) is 11.5 Å². The number of ether oxygens (including phenoxy) is 1. The first kappa shape index (κ1) is 19.4. The molecule has 0 saturated heterocycles. The Labute approximate surface area is 160 Å². The predicted molar refractivity (Wildman–Crippen MR) is 103 cm³/mol. The van der Waals surface area contributed by atoms with E-state index in [2.05, 4.69) is 10.5 Å². The van der Waals surface area contributed by atoms with Gasteiger partial charge in [0, 0.05) is 21.4 Å². The Bertz CT molecular complexity index is 764. The van der Waals surface area contributed by atoms with E-state index < -0.39 is 0 Å². The second-order valence-electron chi connectivity index (χ2n) is 4.88. The van der Waals surface area contributed by atoms with Crippen LogP contribution in [0.15, 0.2) is 41.5 Å². The van der Waals surface area contributed by atoms with Crippen molar-refractivity contribution < 1.29 is 14.6 Å². The molecule has 25 heavy (non-hydrogen) atoms. The molecule has 0 spiro atoms. The van der Waals surface area contributed by atoms with Crippen molar-refractivity contribution in [3.63, 3.8) is 0 Å². The third-order valence-corrected chi connectivity index (χ3v) is 4.85. The standard InChI is InChI=1S/C17H16Cl2N2O3S/c1-24-15-7-2-4-11(17(15)23)8-20-21-16(22)10-25-9-12-13(18)5-3-6-14(12)19/h2-8,23H,9-10H2,1H3,(H,21,22)/b20-8-. The first-order valence-corrected chi connectivity index (χ1v) is 9.12. The van der Waals surface area contributed by atoms with Crippen LogP contribution in [0, 0.1) is 0 Å². The molecule has 2 N–H and O–H groups in total. The summed E-state index contributed by atoms with van der Waals surface area (Å²) in [5.41, 5.74) is 3.64. The Morgan fingerprint density at radius 2 is 1.96 bits per heavy atom. The second-order valence-corrected chi connectivity index (χ2v) is 6.68. The molecule has 132 valence electrons. The number of amides is 1. The largest absolute Gasteiger partial charge is 0.504 e. The smallest absolute Gasteiger partial charge is 0.250 e. The van der Waals surface area contributed by atoms with Gasteiger partial charge in [-0.1, -0.05) is 35.3 Å². The number of benzene rings is 2. The van der Waals surface area contributed by atoms with E-state index in [-0.39, 0.29) is 17.4 Å². The highest BCUT2D eigenvalue weighted by atomic mass is 35.5. The summed E-state index contributed by atoms with van der Waals surface area (Å²) < 4.78 is 5.00.